The minimum atomic E-state index is -1.15. The van der Waals surface area contributed by atoms with Crippen molar-refractivity contribution in [3.05, 3.63) is 29.7 Å². The van der Waals surface area contributed by atoms with E-state index in [1.54, 1.807) is 0 Å². The largest absolute Gasteiger partial charge is 0.475 e. The number of fused-ring (bicyclic) bond motifs is 1. The average Bonchev–Trinajstić information content (AvgIpc) is 3.25. The molecule has 8 heteroatoms. The van der Waals surface area contributed by atoms with Crippen molar-refractivity contribution in [2.75, 3.05) is 11.9 Å². The third kappa shape index (κ3) is 5.36. The van der Waals surface area contributed by atoms with E-state index in [0.717, 1.165) is 49.0 Å². The summed E-state index contributed by atoms with van der Waals surface area (Å²) in [4.78, 5) is 32.9. The van der Waals surface area contributed by atoms with Gasteiger partial charge in [-0.15, -0.1) is 12.3 Å². The van der Waals surface area contributed by atoms with Crippen LogP contribution in [0.3, 0.4) is 0 Å². The van der Waals surface area contributed by atoms with E-state index in [-0.39, 0.29) is 17.3 Å². The highest BCUT2D eigenvalue weighted by atomic mass is 16.4. The van der Waals surface area contributed by atoms with Crippen LogP contribution in [0.5, 0.6) is 0 Å². The third-order valence-electron chi connectivity index (χ3n) is 8.93. The van der Waals surface area contributed by atoms with Crippen molar-refractivity contribution in [3.63, 3.8) is 0 Å². The summed E-state index contributed by atoms with van der Waals surface area (Å²) >= 11 is 0. The lowest BCUT2D eigenvalue weighted by Gasteiger charge is -2.38. The zero-order valence-electron chi connectivity index (χ0n) is 23.8. The van der Waals surface area contributed by atoms with Crippen LogP contribution >= 0.6 is 0 Å². The number of carboxylic acids is 1. The van der Waals surface area contributed by atoms with Gasteiger partial charge in [0.25, 0.3) is 0 Å². The van der Waals surface area contributed by atoms with E-state index in [9.17, 15) is 9.90 Å². The van der Waals surface area contributed by atoms with Crippen molar-refractivity contribution in [2.45, 2.75) is 90.6 Å². The first kappa shape index (κ1) is 27.1. The van der Waals surface area contributed by atoms with Gasteiger partial charge >= 0.3 is 5.97 Å². The standard InChI is InChI=1S/C31H40N6O2/c1-7-20-11-13-21(14-12-20)18-37-25-26(34-28(37)24-17-23(15-16-32-24)31(3,4)5)33-27(30(38)39)35-29(25)36(6)19(2)22-9-8-10-22/h1,15-17,19-22H,8-14,18H2,2-6H3,(H,38,39)/t19-,20?,21?/m1/s1. The summed E-state index contributed by atoms with van der Waals surface area (Å²) in [7, 11) is 2.02. The monoisotopic (exact) mass is 528 g/mol. The number of carboxylic acid groups (broad SMARTS) is 1. The van der Waals surface area contributed by atoms with Crippen molar-refractivity contribution in [2.24, 2.45) is 17.8 Å². The summed E-state index contributed by atoms with van der Waals surface area (Å²) in [6.45, 7) is 9.48. The summed E-state index contributed by atoms with van der Waals surface area (Å²) in [6, 6.07) is 4.36. The zero-order valence-corrected chi connectivity index (χ0v) is 23.8. The normalized spacial score (nSPS) is 20.8. The lowest BCUT2D eigenvalue weighted by molar-refractivity contribution is 0.0684. The van der Waals surface area contributed by atoms with Crippen LogP contribution in [-0.4, -0.2) is 48.7 Å². The number of hydrogen-bond donors (Lipinski definition) is 1. The molecule has 2 aliphatic rings. The first-order valence-electron chi connectivity index (χ1n) is 14.2. The van der Waals surface area contributed by atoms with Crippen molar-refractivity contribution in [3.8, 4) is 23.9 Å². The lowest BCUT2D eigenvalue weighted by atomic mass is 9.80. The first-order chi connectivity index (χ1) is 18.6. The first-order valence-corrected chi connectivity index (χ1v) is 14.2. The minimum Gasteiger partial charge on any atom is -0.475 e. The Bertz CT molecular complexity index is 1400. The number of imidazole rings is 1. The Hall–Kier alpha value is -3.47. The molecule has 0 saturated heterocycles. The number of terminal acetylenes is 1. The maximum absolute atomic E-state index is 12.1. The SMILES string of the molecule is C#CC1CCC(Cn2c(-c3cc(C(C)(C)C)ccn3)nc3nc(C(=O)O)nc(N(C)[C@H](C)C4CCC4)c32)CC1. The van der Waals surface area contributed by atoms with Crippen LogP contribution < -0.4 is 4.90 Å². The van der Waals surface area contributed by atoms with Crippen molar-refractivity contribution in [1.82, 2.24) is 24.5 Å². The molecule has 39 heavy (non-hydrogen) atoms. The fourth-order valence-corrected chi connectivity index (χ4v) is 5.95. The fraction of sp³-hybridized carbons (Fsp3) is 0.581. The quantitative estimate of drug-likeness (QED) is 0.379. The Morgan fingerprint density at radius 3 is 2.49 bits per heavy atom. The van der Waals surface area contributed by atoms with Gasteiger partial charge in [-0.1, -0.05) is 27.2 Å². The Morgan fingerprint density at radius 1 is 1.18 bits per heavy atom. The van der Waals surface area contributed by atoms with Crippen molar-refractivity contribution < 1.29 is 9.90 Å². The molecule has 5 rings (SSSR count). The Kier molecular flexibility index (Phi) is 7.37. The van der Waals surface area contributed by atoms with Crippen LogP contribution in [0.25, 0.3) is 22.7 Å². The molecule has 3 aromatic heterocycles. The number of nitrogens with zero attached hydrogens (tertiary/aromatic N) is 6. The molecule has 1 N–H and O–H groups in total. The molecule has 2 aliphatic carbocycles. The van der Waals surface area contributed by atoms with E-state index in [2.05, 4.69) is 59.1 Å². The number of aromatic nitrogens is 5. The van der Waals surface area contributed by atoms with E-state index in [0.29, 0.717) is 35.0 Å². The molecule has 8 nitrogen and oxygen atoms in total. The summed E-state index contributed by atoms with van der Waals surface area (Å²) in [5.74, 6) is 4.22. The third-order valence-corrected chi connectivity index (χ3v) is 8.93. The van der Waals surface area contributed by atoms with Crippen LogP contribution in [0, 0.1) is 30.1 Å². The van der Waals surface area contributed by atoms with Gasteiger partial charge in [-0.25, -0.2) is 19.7 Å². The van der Waals surface area contributed by atoms with Gasteiger partial charge < -0.3 is 14.6 Å². The number of carbonyl (C=O) groups is 1. The molecule has 0 radical (unpaired) electrons. The topological polar surface area (TPSA) is 97.0 Å². The number of pyridine rings is 1. The number of aromatic carboxylic acids is 1. The predicted molar refractivity (Wildman–Crippen MR) is 154 cm³/mol. The van der Waals surface area contributed by atoms with Gasteiger partial charge in [-0.2, -0.15) is 0 Å². The second kappa shape index (κ2) is 10.6. The lowest BCUT2D eigenvalue weighted by Crippen LogP contribution is -2.39. The molecular weight excluding hydrogens is 488 g/mol. The highest BCUT2D eigenvalue weighted by molar-refractivity contribution is 5.92. The Labute approximate surface area is 231 Å². The van der Waals surface area contributed by atoms with Gasteiger partial charge in [0.15, 0.2) is 17.3 Å². The van der Waals surface area contributed by atoms with E-state index >= 15 is 0 Å². The summed E-state index contributed by atoms with van der Waals surface area (Å²) in [5, 5.41) is 9.88. The van der Waals surface area contributed by atoms with Crippen molar-refractivity contribution in [1.29, 1.82) is 0 Å². The van der Waals surface area contributed by atoms with Crippen molar-refractivity contribution >= 4 is 23.0 Å². The van der Waals surface area contributed by atoms with E-state index in [1.807, 2.05) is 19.3 Å². The summed E-state index contributed by atoms with van der Waals surface area (Å²) < 4.78 is 2.20. The van der Waals surface area contributed by atoms with Crippen LogP contribution in [-0.2, 0) is 12.0 Å². The number of anilines is 1. The van der Waals surface area contributed by atoms with Gasteiger partial charge in [0.2, 0.25) is 5.82 Å². The molecule has 3 heterocycles. The Morgan fingerprint density at radius 2 is 1.90 bits per heavy atom. The van der Waals surface area contributed by atoms with E-state index in [1.165, 1.54) is 19.3 Å². The molecule has 0 aliphatic heterocycles. The molecule has 206 valence electrons. The maximum atomic E-state index is 12.1. The smallest absolute Gasteiger partial charge is 0.374 e. The van der Waals surface area contributed by atoms with Crippen LogP contribution in [0.2, 0.25) is 0 Å². The molecular formula is C31H40N6O2. The van der Waals surface area contributed by atoms with Crippen LogP contribution in [0.15, 0.2) is 18.3 Å². The zero-order chi connectivity index (χ0) is 27.9. The molecule has 3 aromatic rings. The maximum Gasteiger partial charge on any atom is 0.374 e. The average molecular weight is 529 g/mol. The van der Waals surface area contributed by atoms with Gasteiger partial charge in [0.1, 0.15) is 11.2 Å². The highest BCUT2D eigenvalue weighted by Gasteiger charge is 2.32. The van der Waals surface area contributed by atoms with Crippen LogP contribution in [0.1, 0.15) is 88.8 Å². The van der Waals surface area contributed by atoms with Gasteiger partial charge in [-0.05, 0) is 80.4 Å². The summed E-state index contributed by atoms with van der Waals surface area (Å²) in [6.07, 6.45) is 15.3. The molecule has 1 atom stereocenters. The minimum absolute atomic E-state index is 0.0536. The molecule has 0 bridgehead atoms. The Balaban J connectivity index is 1.69. The number of rotatable bonds is 7. The molecule has 0 aromatic carbocycles. The highest BCUT2D eigenvalue weighted by Crippen LogP contribution is 2.38. The predicted octanol–water partition coefficient (Wildman–Crippen LogP) is 5.95. The van der Waals surface area contributed by atoms with Gasteiger partial charge in [0.05, 0.1) is 0 Å². The van der Waals surface area contributed by atoms with Gasteiger partial charge in [-0.3, -0.25) is 4.98 Å². The van der Waals surface area contributed by atoms with Gasteiger partial charge in [0, 0.05) is 31.7 Å². The molecule has 2 saturated carbocycles. The number of hydrogen-bond acceptors (Lipinski definition) is 6. The summed E-state index contributed by atoms with van der Waals surface area (Å²) in [5.41, 5.74) is 3.05. The molecule has 0 unspecified atom stereocenters. The second-order valence-electron chi connectivity index (χ2n) is 12.5. The fourth-order valence-electron chi connectivity index (χ4n) is 5.95. The van der Waals surface area contributed by atoms with Crippen LogP contribution in [0.4, 0.5) is 5.82 Å². The molecule has 0 spiro atoms. The second-order valence-corrected chi connectivity index (χ2v) is 12.5. The van der Waals surface area contributed by atoms with E-state index in [4.69, 9.17) is 16.4 Å². The molecule has 0 amide bonds. The van der Waals surface area contributed by atoms with E-state index < -0.39 is 5.97 Å². The molecule has 2 fully saturated rings.